The van der Waals surface area contributed by atoms with E-state index in [1.807, 2.05) is 24.3 Å². The van der Waals surface area contributed by atoms with Crippen LogP contribution in [0, 0.1) is 11.3 Å². The van der Waals surface area contributed by atoms with Gasteiger partial charge in [0.2, 0.25) is 5.88 Å². The van der Waals surface area contributed by atoms with E-state index < -0.39 is 11.9 Å². The third-order valence-corrected chi connectivity index (χ3v) is 5.37. The molecule has 8 heteroatoms. The Kier molecular flexibility index (Phi) is 6.38. The number of benzene rings is 3. The highest BCUT2D eigenvalue weighted by Crippen LogP contribution is 2.45. The summed E-state index contributed by atoms with van der Waals surface area (Å²) in [6.07, 6.45) is 0. The summed E-state index contributed by atoms with van der Waals surface area (Å²) in [7, 11) is 1.56. The first-order chi connectivity index (χ1) is 16.0. The fraction of sp³-hybridized carbons (Fsp3) is 0.120. The van der Waals surface area contributed by atoms with Gasteiger partial charge < -0.3 is 24.7 Å². The maximum atomic E-state index is 12.3. The van der Waals surface area contributed by atoms with Gasteiger partial charge in [0, 0.05) is 17.2 Å². The first-order valence-electron chi connectivity index (χ1n) is 9.94. The summed E-state index contributed by atoms with van der Waals surface area (Å²) in [6, 6.07) is 21.2. The average Bonchev–Trinajstić information content (AvgIpc) is 2.82. The molecule has 2 N–H and O–H groups in total. The number of nitrogens with zero attached hydrogens (tertiary/aromatic N) is 1. The minimum absolute atomic E-state index is 0.0218. The van der Waals surface area contributed by atoms with Crippen LogP contribution < -0.4 is 24.7 Å². The molecule has 1 aliphatic rings. The highest BCUT2D eigenvalue weighted by Gasteiger charge is 2.32. The van der Waals surface area contributed by atoms with E-state index in [0.29, 0.717) is 27.8 Å². The molecule has 0 radical (unpaired) electrons. The number of nitrogens with two attached hydrogens (primary N) is 1. The maximum Gasteiger partial charge on any atom is 0.349 e. The number of hydrogen-bond donors (Lipinski definition) is 1. The second-order valence-corrected chi connectivity index (χ2v) is 7.47. The topological polar surface area (TPSA) is 104 Å². The highest BCUT2D eigenvalue weighted by atomic mass is 35.5. The number of carbonyl (C=O) groups is 1. The molecule has 0 aromatic heterocycles. The van der Waals surface area contributed by atoms with Crippen molar-refractivity contribution in [2.45, 2.75) is 5.92 Å². The molecule has 7 nitrogen and oxygen atoms in total. The molecule has 3 aromatic rings. The Hall–Kier alpha value is -4.15. The predicted molar refractivity (Wildman–Crippen MR) is 121 cm³/mol. The van der Waals surface area contributed by atoms with E-state index >= 15 is 0 Å². The quantitative estimate of drug-likeness (QED) is 0.423. The SMILES string of the molecule is COc1ccccc1C1C(C#N)=C(N)Oc2cc(OC(=O)COc3ccccc3Cl)ccc21. The number of esters is 1. The van der Waals surface area contributed by atoms with E-state index in [2.05, 4.69) is 6.07 Å². The van der Waals surface area contributed by atoms with E-state index in [4.69, 9.17) is 36.3 Å². The van der Waals surface area contributed by atoms with Gasteiger partial charge in [0.15, 0.2) is 6.61 Å². The number of ether oxygens (including phenoxy) is 4. The predicted octanol–water partition coefficient (Wildman–Crippen LogP) is 4.55. The van der Waals surface area contributed by atoms with Crippen LogP contribution in [0.15, 0.2) is 78.2 Å². The van der Waals surface area contributed by atoms with Gasteiger partial charge in [0.05, 0.1) is 18.1 Å². The van der Waals surface area contributed by atoms with Crippen LogP contribution in [0.4, 0.5) is 0 Å². The highest BCUT2D eigenvalue weighted by molar-refractivity contribution is 6.32. The molecule has 1 aliphatic heterocycles. The zero-order chi connectivity index (χ0) is 23.4. The lowest BCUT2D eigenvalue weighted by molar-refractivity contribution is -0.136. The molecule has 1 heterocycles. The molecular weight excluding hydrogens is 444 g/mol. The Morgan fingerprint density at radius 3 is 2.55 bits per heavy atom. The molecule has 1 atom stereocenters. The van der Waals surface area contributed by atoms with Crippen molar-refractivity contribution < 1.29 is 23.7 Å². The molecule has 3 aromatic carbocycles. The molecule has 0 bridgehead atoms. The number of halogens is 1. The van der Waals surface area contributed by atoms with Crippen molar-refractivity contribution in [1.82, 2.24) is 0 Å². The molecule has 0 spiro atoms. The summed E-state index contributed by atoms with van der Waals surface area (Å²) in [4.78, 5) is 12.3. The molecule has 1 unspecified atom stereocenters. The van der Waals surface area contributed by atoms with E-state index in [0.717, 1.165) is 5.56 Å². The van der Waals surface area contributed by atoms with Gasteiger partial charge in [-0.25, -0.2) is 4.79 Å². The van der Waals surface area contributed by atoms with Crippen LogP contribution in [0.25, 0.3) is 0 Å². The van der Waals surface area contributed by atoms with E-state index in [1.54, 1.807) is 49.6 Å². The van der Waals surface area contributed by atoms with Gasteiger partial charge >= 0.3 is 5.97 Å². The van der Waals surface area contributed by atoms with Crippen molar-refractivity contribution in [2.24, 2.45) is 5.73 Å². The van der Waals surface area contributed by atoms with Crippen LogP contribution in [-0.4, -0.2) is 19.7 Å². The molecule has 4 rings (SSSR count). The number of hydrogen-bond acceptors (Lipinski definition) is 7. The van der Waals surface area contributed by atoms with Gasteiger partial charge in [-0.05, 0) is 24.3 Å². The molecule has 0 saturated carbocycles. The number of fused-ring (bicyclic) bond motifs is 1. The van der Waals surface area contributed by atoms with E-state index in [9.17, 15) is 10.1 Å². The fourth-order valence-electron chi connectivity index (χ4n) is 3.58. The summed E-state index contributed by atoms with van der Waals surface area (Å²) in [5.74, 6) is 0.477. The van der Waals surface area contributed by atoms with Crippen LogP contribution in [0.1, 0.15) is 17.0 Å². The summed E-state index contributed by atoms with van der Waals surface area (Å²) >= 11 is 6.03. The first-order valence-corrected chi connectivity index (χ1v) is 10.3. The van der Waals surface area contributed by atoms with Gasteiger partial charge in [-0.2, -0.15) is 5.26 Å². The zero-order valence-corrected chi connectivity index (χ0v) is 18.3. The Morgan fingerprint density at radius 2 is 1.82 bits per heavy atom. The van der Waals surface area contributed by atoms with Crippen LogP contribution in [0.5, 0.6) is 23.0 Å². The minimum atomic E-state index is -0.617. The average molecular weight is 463 g/mol. The van der Waals surface area contributed by atoms with E-state index in [1.165, 1.54) is 0 Å². The van der Waals surface area contributed by atoms with Crippen molar-refractivity contribution in [2.75, 3.05) is 13.7 Å². The summed E-state index contributed by atoms with van der Waals surface area (Å²) in [5.41, 5.74) is 7.78. The Balaban J connectivity index is 1.58. The molecule has 166 valence electrons. The Morgan fingerprint density at radius 1 is 1.09 bits per heavy atom. The number of para-hydroxylation sites is 2. The molecule has 33 heavy (non-hydrogen) atoms. The molecule has 0 fully saturated rings. The maximum absolute atomic E-state index is 12.3. The van der Waals surface area contributed by atoms with Crippen LogP contribution >= 0.6 is 11.6 Å². The monoisotopic (exact) mass is 462 g/mol. The Bertz CT molecular complexity index is 1280. The van der Waals surface area contributed by atoms with Gasteiger partial charge in [-0.1, -0.05) is 48.0 Å². The third kappa shape index (κ3) is 4.56. The van der Waals surface area contributed by atoms with Crippen molar-refractivity contribution in [3.05, 3.63) is 94.3 Å². The fourth-order valence-corrected chi connectivity index (χ4v) is 3.77. The molecule has 0 amide bonds. The van der Waals surface area contributed by atoms with Crippen molar-refractivity contribution >= 4 is 17.6 Å². The van der Waals surface area contributed by atoms with Crippen molar-refractivity contribution in [3.8, 4) is 29.1 Å². The number of nitriles is 1. The lowest BCUT2D eigenvalue weighted by Gasteiger charge is -2.27. The van der Waals surface area contributed by atoms with Gasteiger partial charge in [0.25, 0.3) is 0 Å². The van der Waals surface area contributed by atoms with Crippen LogP contribution in [0.2, 0.25) is 5.02 Å². The van der Waals surface area contributed by atoms with Gasteiger partial charge in [-0.3, -0.25) is 0 Å². The normalized spacial score (nSPS) is 14.5. The first kappa shape index (κ1) is 22.1. The second kappa shape index (κ2) is 9.55. The summed E-state index contributed by atoms with van der Waals surface area (Å²) < 4.78 is 22.0. The number of carbonyl (C=O) groups excluding carboxylic acids is 1. The number of rotatable bonds is 6. The third-order valence-electron chi connectivity index (χ3n) is 5.05. The van der Waals surface area contributed by atoms with E-state index in [-0.39, 0.29) is 23.8 Å². The smallest absolute Gasteiger partial charge is 0.349 e. The summed E-state index contributed by atoms with van der Waals surface area (Å²) in [6.45, 7) is -0.327. The number of allylic oxidation sites excluding steroid dienone is 1. The van der Waals surface area contributed by atoms with Crippen LogP contribution in [-0.2, 0) is 4.79 Å². The lowest BCUT2D eigenvalue weighted by Crippen LogP contribution is -2.22. The van der Waals surface area contributed by atoms with Gasteiger partial charge in [0.1, 0.15) is 34.6 Å². The number of methoxy groups -OCH3 is 1. The lowest BCUT2D eigenvalue weighted by atomic mass is 9.83. The van der Waals surface area contributed by atoms with Crippen molar-refractivity contribution in [3.63, 3.8) is 0 Å². The molecular formula is C25H19ClN2O5. The largest absolute Gasteiger partial charge is 0.496 e. The minimum Gasteiger partial charge on any atom is -0.496 e. The standard InChI is InChI=1S/C25H19ClN2O5/c1-30-20-8-4-2-6-16(20)24-17-11-10-15(12-22(17)33-25(28)18(24)13-27)32-23(29)14-31-21-9-5-3-7-19(21)26/h2-12,24H,14,28H2,1H3. The Labute approximate surface area is 195 Å². The molecule has 0 saturated heterocycles. The van der Waals surface area contributed by atoms with Crippen LogP contribution in [0.3, 0.4) is 0 Å². The van der Waals surface area contributed by atoms with Crippen molar-refractivity contribution in [1.29, 1.82) is 5.26 Å². The molecule has 0 aliphatic carbocycles. The van der Waals surface area contributed by atoms with Gasteiger partial charge in [-0.15, -0.1) is 0 Å². The second-order valence-electron chi connectivity index (χ2n) is 7.06. The zero-order valence-electron chi connectivity index (χ0n) is 17.6. The summed E-state index contributed by atoms with van der Waals surface area (Å²) in [5, 5.41) is 10.1.